The van der Waals surface area contributed by atoms with Crippen LogP contribution in [0.25, 0.3) is 0 Å². The molecule has 21 heavy (non-hydrogen) atoms. The Kier molecular flexibility index (Phi) is 7.58. The fraction of sp³-hybridized carbons (Fsp3) is 0.429. The fourth-order valence-corrected chi connectivity index (χ4v) is 2.36. The Hall–Kier alpha value is -1.22. The number of carbonyl (C=O) groups excluding carboxylic acids is 2. The van der Waals surface area contributed by atoms with Crippen molar-refractivity contribution in [3.63, 3.8) is 0 Å². The number of benzene rings is 1. The van der Waals surface area contributed by atoms with Crippen LogP contribution in [0.1, 0.15) is 16.8 Å². The summed E-state index contributed by atoms with van der Waals surface area (Å²) in [6, 6.07) is 3.94. The molecule has 0 atom stereocenters. The number of hydrogen-bond donors (Lipinski definition) is 1. The Bertz CT molecular complexity index is 511. The van der Waals surface area contributed by atoms with Gasteiger partial charge in [0.2, 0.25) is 5.91 Å². The largest absolute Gasteiger partial charge is 0.385 e. The highest BCUT2D eigenvalue weighted by molar-refractivity contribution is 14.1. The minimum atomic E-state index is -0.394. The molecule has 0 aliphatic heterocycles. The van der Waals surface area contributed by atoms with Crippen molar-refractivity contribution in [1.29, 1.82) is 0 Å². The van der Waals surface area contributed by atoms with E-state index in [1.807, 2.05) is 22.6 Å². The first kappa shape index (κ1) is 17.8. The Balaban J connectivity index is 2.52. The first-order chi connectivity index (χ1) is 9.95. The zero-order valence-electron chi connectivity index (χ0n) is 12.0. The molecule has 5 nitrogen and oxygen atoms in total. The summed E-state index contributed by atoms with van der Waals surface area (Å²) in [5, 5.41) is 2.70. The summed E-state index contributed by atoms with van der Waals surface area (Å²) in [7, 11) is 3.13. The number of nitrogens with zero attached hydrogens (tertiary/aromatic N) is 1. The van der Waals surface area contributed by atoms with Gasteiger partial charge in [-0.05, 0) is 47.2 Å². The topological polar surface area (TPSA) is 58.6 Å². The highest BCUT2D eigenvalue weighted by atomic mass is 127. The van der Waals surface area contributed by atoms with Gasteiger partial charge in [-0.3, -0.25) is 9.59 Å². The number of likely N-dealkylation sites (N-methyl/N-ethyl adjacent to an activating group) is 1. The van der Waals surface area contributed by atoms with Crippen LogP contribution in [0.2, 0.25) is 0 Å². The van der Waals surface area contributed by atoms with Crippen molar-refractivity contribution >= 4 is 34.4 Å². The average molecular weight is 408 g/mol. The normalized spacial score (nSPS) is 10.3. The molecular formula is C14H18FIN2O3. The van der Waals surface area contributed by atoms with Crippen LogP contribution in [0, 0.1) is 9.39 Å². The SMILES string of the molecule is COCCCNC(=O)CN(C)C(=O)c1ccc(F)cc1I. The van der Waals surface area contributed by atoms with Crippen LogP contribution < -0.4 is 5.32 Å². The van der Waals surface area contributed by atoms with Gasteiger partial charge in [0, 0.05) is 30.9 Å². The Morgan fingerprint density at radius 3 is 2.76 bits per heavy atom. The van der Waals surface area contributed by atoms with Gasteiger partial charge in [-0.25, -0.2) is 4.39 Å². The van der Waals surface area contributed by atoms with Gasteiger partial charge in [-0.15, -0.1) is 0 Å². The molecule has 1 rings (SSSR count). The molecule has 1 aromatic carbocycles. The summed E-state index contributed by atoms with van der Waals surface area (Å²) in [6.07, 6.45) is 0.718. The molecule has 2 amide bonds. The lowest BCUT2D eigenvalue weighted by molar-refractivity contribution is -0.121. The molecule has 0 aromatic heterocycles. The van der Waals surface area contributed by atoms with E-state index < -0.39 is 5.82 Å². The van der Waals surface area contributed by atoms with E-state index in [1.165, 1.54) is 30.1 Å². The van der Waals surface area contributed by atoms with Crippen molar-refractivity contribution in [2.24, 2.45) is 0 Å². The number of rotatable bonds is 7. The number of methoxy groups -OCH3 is 1. The van der Waals surface area contributed by atoms with E-state index in [-0.39, 0.29) is 18.4 Å². The molecule has 1 N–H and O–H groups in total. The van der Waals surface area contributed by atoms with Gasteiger partial charge in [-0.1, -0.05) is 0 Å². The summed E-state index contributed by atoms with van der Waals surface area (Å²) in [4.78, 5) is 25.2. The number of ether oxygens (including phenoxy) is 1. The molecule has 0 saturated heterocycles. The van der Waals surface area contributed by atoms with Crippen LogP contribution >= 0.6 is 22.6 Å². The third-order valence-electron chi connectivity index (χ3n) is 2.74. The van der Waals surface area contributed by atoms with Gasteiger partial charge in [0.05, 0.1) is 12.1 Å². The number of carbonyl (C=O) groups is 2. The fourth-order valence-electron chi connectivity index (χ4n) is 1.66. The molecule has 0 spiro atoms. The van der Waals surface area contributed by atoms with Gasteiger partial charge < -0.3 is 15.0 Å². The van der Waals surface area contributed by atoms with Crippen LogP contribution in [0.4, 0.5) is 4.39 Å². The van der Waals surface area contributed by atoms with E-state index in [0.717, 1.165) is 6.42 Å². The number of halogens is 2. The third-order valence-corrected chi connectivity index (χ3v) is 3.63. The molecule has 0 radical (unpaired) electrons. The predicted molar refractivity (Wildman–Crippen MR) is 85.6 cm³/mol. The van der Waals surface area contributed by atoms with Crippen LogP contribution in [0.3, 0.4) is 0 Å². The number of hydrogen-bond acceptors (Lipinski definition) is 3. The molecule has 0 bridgehead atoms. The summed E-state index contributed by atoms with van der Waals surface area (Å²) in [5.74, 6) is -0.944. The van der Waals surface area contributed by atoms with Crippen LogP contribution in [-0.4, -0.2) is 50.6 Å². The molecule has 1 aromatic rings. The maximum absolute atomic E-state index is 13.0. The number of nitrogens with one attached hydrogen (secondary N) is 1. The van der Waals surface area contributed by atoms with E-state index in [1.54, 1.807) is 7.11 Å². The lowest BCUT2D eigenvalue weighted by Crippen LogP contribution is -2.39. The molecule has 0 unspecified atom stereocenters. The standard InChI is InChI=1S/C14H18FIN2O3/c1-18(9-13(19)17-6-3-7-21-2)14(20)11-5-4-10(15)8-12(11)16/h4-5,8H,3,6-7,9H2,1-2H3,(H,17,19). The van der Waals surface area contributed by atoms with E-state index in [2.05, 4.69) is 5.32 Å². The number of amides is 2. The minimum Gasteiger partial charge on any atom is -0.385 e. The maximum atomic E-state index is 13.0. The highest BCUT2D eigenvalue weighted by Gasteiger charge is 2.17. The first-order valence-corrected chi connectivity index (χ1v) is 7.49. The van der Waals surface area contributed by atoms with Gasteiger partial charge in [0.25, 0.3) is 5.91 Å². The zero-order chi connectivity index (χ0) is 15.8. The molecule has 0 heterocycles. The van der Waals surface area contributed by atoms with Crippen molar-refractivity contribution in [3.05, 3.63) is 33.1 Å². The second-order valence-electron chi connectivity index (χ2n) is 4.48. The Labute approximate surface area is 137 Å². The first-order valence-electron chi connectivity index (χ1n) is 6.42. The quantitative estimate of drug-likeness (QED) is 0.552. The molecule has 0 aliphatic carbocycles. The molecular weight excluding hydrogens is 390 g/mol. The lowest BCUT2D eigenvalue weighted by atomic mass is 10.2. The second-order valence-corrected chi connectivity index (χ2v) is 5.64. The van der Waals surface area contributed by atoms with Crippen molar-refractivity contribution in [3.8, 4) is 0 Å². The molecule has 0 fully saturated rings. The smallest absolute Gasteiger partial charge is 0.255 e. The summed E-state index contributed by atoms with van der Waals surface area (Å²) < 4.78 is 18.4. The minimum absolute atomic E-state index is 0.0424. The molecule has 7 heteroatoms. The third kappa shape index (κ3) is 5.96. The summed E-state index contributed by atoms with van der Waals surface area (Å²) in [5.41, 5.74) is 0.381. The second kappa shape index (κ2) is 8.93. The lowest BCUT2D eigenvalue weighted by Gasteiger charge is -2.17. The predicted octanol–water partition coefficient (Wildman–Crippen LogP) is 1.66. The zero-order valence-corrected chi connectivity index (χ0v) is 14.1. The summed E-state index contributed by atoms with van der Waals surface area (Å²) in [6.45, 7) is 1.03. The summed E-state index contributed by atoms with van der Waals surface area (Å²) >= 11 is 1.90. The van der Waals surface area contributed by atoms with Crippen LogP contribution in [-0.2, 0) is 9.53 Å². The van der Waals surface area contributed by atoms with Crippen molar-refractivity contribution in [2.75, 3.05) is 33.9 Å². The monoisotopic (exact) mass is 408 g/mol. The Morgan fingerprint density at radius 2 is 2.14 bits per heavy atom. The maximum Gasteiger partial charge on any atom is 0.255 e. The Morgan fingerprint density at radius 1 is 1.43 bits per heavy atom. The van der Waals surface area contributed by atoms with E-state index >= 15 is 0 Å². The van der Waals surface area contributed by atoms with Crippen LogP contribution in [0.15, 0.2) is 18.2 Å². The van der Waals surface area contributed by atoms with Crippen molar-refractivity contribution < 1.29 is 18.7 Å². The van der Waals surface area contributed by atoms with Gasteiger partial charge in [-0.2, -0.15) is 0 Å². The highest BCUT2D eigenvalue weighted by Crippen LogP contribution is 2.15. The van der Waals surface area contributed by atoms with Crippen LogP contribution in [0.5, 0.6) is 0 Å². The molecule has 0 saturated carbocycles. The van der Waals surface area contributed by atoms with Crippen molar-refractivity contribution in [1.82, 2.24) is 10.2 Å². The molecule has 0 aliphatic rings. The van der Waals surface area contributed by atoms with E-state index in [9.17, 15) is 14.0 Å². The average Bonchev–Trinajstić information content (AvgIpc) is 2.43. The van der Waals surface area contributed by atoms with Gasteiger partial charge in [0.15, 0.2) is 0 Å². The molecule has 116 valence electrons. The van der Waals surface area contributed by atoms with Gasteiger partial charge >= 0.3 is 0 Å². The van der Waals surface area contributed by atoms with E-state index in [0.29, 0.717) is 22.3 Å². The van der Waals surface area contributed by atoms with E-state index in [4.69, 9.17) is 4.74 Å². The van der Waals surface area contributed by atoms with Crippen molar-refractivity contribution in [2.45, 2.75) is 6.42 Å². The van der Waals surface area contributed by atoms with Gasteiger partial charge in [0.1, 0.15) is 5.82 Å².